The van der Waals surface area contributed by atoms with Crippen LogP contribution in [-0.2, 0) is 37.1 Å². The third-order valence-corrected chi connectivity index (χ3v) is 8.82. The van der Waals surface area contributed by atoms with Crippen LogP contribution in [0.2, 0.25) is 0 Å². The molecule has 0 radical (unpaired) electrons. The quantitative estimate of drug-likeness (QED) is 0.425. The Morgan fingerprint density at radius 2 is 1.92 bits per heavy atom. The largest absolute Gasteiger partial charge is 0.370 e. The Hall–Kier alpha value is -2.62. The van der Waals surface area contributed by atoms with Gasteiger partial charge in [-0.3, -0.25) is 4.68 Å². The summed E-state index contributed by atoms with van der Waals surface area (Å²) in [6, 6.07) is 14.4. The summed E-state index contributed by atoms with van der Waals surface area (Å²) in [5.41, 5.74) is 9.58. The average Bonchev–Trinajstić information content (AvgIpc) is 3.20. The zero-order valence-electron chi connectivity index (χ0n) is 23.4. The number of aromatic nitrogens is 3. The summed E-state index contributed by atoms with van der Waals surface area (Å²) in [5.74, 6) is 1.93. The second kappa shape index (κ2) is 9.36. The normalized spacial score (nSPS) is 21.0. The second-order valence-electron chi connectivity index (χ2n) is 12.7. The minimum absolute atomic E-state index is 0.0385. The molecular weight excluding hydrogens is 440 g/mol. The number of hydrogen-bond donors (Lipinski definition) is 1. The molecule has 2 unspecified atom stereocenters. The maximum Gasteiger partial charge on any atom is 0.129 e. The van der Waals surface area contributed by atoms with E-state index in [2.05, 4.69) is 95.0 Å². The molecule has 0 amide bonds. The number of fused-ring (bicyclic) bond motifs is 5. The molecule has 36 heavy (non-hydrogen) atoms. The summed E-state index contributed by atoms with van der Waals surface area (Å²) in [7, 11) is 2.14. The molecule has 0 saturated heterocycles. The summed E-state index contributed by atoms with van der Waals surface area (Å²) in [5, 5.41) is 8.54. The molecule has 2 atom stereocenters. The van der Waals surface area contributed by atoms with E-state index in [9.17, 15) is 0 Å². The SMILES string of the molecule is CCC1Cc2cc(n(C)n2)C(CCc2ccc3c(n2)NCCC3)C(C)(C)c2cc1cc(C(C)(C)C)c2. The molecule has 0 spiro atoms. The van der Waals surface area contributed by atoms with Gasteiger partial charge in [0.15, 0.2) is 0 Å². The van der Waals surface area contributed by atoms with Crippen molar-refractivity contribution in [1.82, 2.24) is 14.8 Å². The fourth-order valence-electron chi connectivity index (χ4n) is 6.29. The van der Waals surface area contributed by atoms with Crippen LogP contribution in [0.1, 0.15) is 112 Å². The van der Waals surface area contributed by atoms with E-state index in [1.807, 2.05) is 0 Å². The van der Waals surface area contributed by atoms with Crippen LogP contribution < -0.4 is 5.32 Å². The summed E-state index contributed by atoms with van der Waals surface area (Å²) in [4.78, 5) is 5.02. The highest BCUT2D eigenvalue weighted by molar-refractivity contribution is 5.47. The first-order chi connectivity index (χ1) is 17.1. The molecule has 4 bridgehead atoms. The summed E-state index contributed by atoms with van der Waals surface area (Å²) in [6.07, 6.45) is 6.47. The van der Waals surface area contributed by atoms with E-state index in [0.29, 0.717) is 11.8 Å². The molecule has 3 aromatic rings. The van der Waals surface area contributed by atoms with Crippen LogP contribution in [0.5, 0.6) is 0 Å². The maximum atomic E-state index is 5.03. The summed E-state index contributed by atoms with van der Waals surface area (Å²) >= 11 is 0. The van der Waals surface area contributed by atoms with Crippen molar-refractivity contribution in [3.05, 3.63) is 75.7 Å². The number of hydrogen-bond acceptors (Lipinski definition) is 3. The highest BCUT2D eigenvalue weighted by atomic mass is 15.3. The number of rotatable bonds is 4. The lowest BCUT2D eigenvalue weighted by Crippen LogP contribution is -2.30. The second-order valence-corrected chi connectivity index (χ2v) is 12.7. The van der Waals surface area contributed by atoms with Gasteiger partial charge in [-0.15, -0.1) is 0 Å². The van der Waals surface area contributed by atoms with E-state index < -0.39 is 0 Å². The number of anilines is 1. The van der Waals surface area contributed by atoms with Crippen molar-refractivity contribution in [3.8, 4) is 0 Å². The predicted octanol–water partition coefficient (Wildman–Crippen LogP) is 7.21. The van der Waals surface area contributed by atoms with E-state index in [0.717, 1.165) is 44.5 Å². The molecule has 2 aliphatic rings. The lowest BCUT2D eigenvalue weighted by molar-refractivity contribution is 0.369. The minimum atomic E-state index is -0.0385. The number of nitrogens with one attached hydrogen (secondary N) is 1. The number of aryl methyl sites for hydroxylation is 3. The Labute approximate surface area is 217 Å². The fraction of sp³-hybridized carbons (Fsp3) is 0.562. The van der Waals surface area contributed by atoms with Crippen LogP contribution in [0.15, 0.2) is 36.4 Å². The smallest absolute Gasteiger partial charge is 0.129 e. The molecule has 1 aliphatic carbocycles. The van der Waals surface area contributed by atoms with Crippen molar-refractivity contribution in [2.75, 3.05) is 11.9 Å². The molecular formula is C32H44N4. The Morgan fingerprint density at radius 1 is 1.11 bits per heavy atom. The van der Waals surface area contributed by atoms with Gasteiger partial charge in [0.2, 0.25) is 0 Å². The minimum Gasteiger partial charge on any atom is -0.370 e. The molecule has 1 aromatic carbocycles. The standard InChI is InChI=1S/C32H44N4/c1-8-21-18-27-20-29(36(7)35-27)28(14-13-26-12-11-22-10-9-15-33-30(22)34-26)32(5,6)25-17-23(21)16-24(19-25)31(2,3)4/h11-12,16-17,19-21,28H,8-10,13-15,18H2,1-7H3,(H,33,34). The van der Waals surface area contributed by atoms with Crippen LogP contribution in [-0.4, -0.2) is 21.3 Å². The maximum absolute atomic E-state index is 5.03. The van der Waals surface area contributed by atoms with Crippen molar-refractivity contribution in [2.24, 2.45) is 7.05 Å². The van der Waals surface area contributed by atoms with Gasteiger partial charge < -0.3 is 5.32 Å². The van der Waals surface area contributed by atoms with E-state index in [4.69, 9.17) is 10.1 Å². The van der Waals surface area contributed by atoms with Gasteiger partial charge in [-0.05, 0) is 89.7 Å². The predicted molar refractivity (Wildman–Crippen MR) is 150 cm³/mol. The van der Waals surface area contributed by atoms with Crippen LogP contribution in [0.3, 0.4) is 0 Å². The van der Waals surface area contributed by atoms with Gasteiger partial charge in [0.1, 0.15) is 5.82 Å². The Morgan fingerprint density at radius 3 is 2.67 bits per heavy atom. The van der Waals surface area contributed by atoms with Gasteiger partial charge in [-0.2, -0.15) is 5.10 Å². The third kappa shape index (κ3) is 4.71. The molecule has 1 aliphatic heterocycles. The molecule has 3 heterocycles. The number of benzene rings is 1. The van der Waals surface area contributed by atoms with E-state index in [-0.39, 0.29) is 10.8 Å². The lowest BCUT2D eigenvalue weighted by atomic mass is 9.67. The van der Waals surface area contributed by atoms with Gasteiger partial charge in [-0.25, -0.2) is 4.98 Å². The first-order valence-electron chi connectivity index (χ1n) is 14.0. The number of nitrogens with zero attached hydrogens (tertiary/aromatic N) is 3. The molecule has 1 N–H and O–H groups in total. The lowest BCUT2D eigenvalue weighted by Gasteiger charge is -2.37. The molecule has 0 fully saturated rings. The van der Waals surface area contributed by atoms with Crippen LogP contribution in [0.4, 0.5) is 5.82 Å². The molecule has 5 rings (SSSR count). The molecule has 4 heteroatoms. The van der Waals surface area contributed by atoms with Crippen LogP contribution in [0, 0.1) is 0 Å². The first kappa shape index (κ1) is 25.0. The van der Waals surface area contributed by atoms with Gasteiger partial charge in [-0.1, -0.05) is 65.8 Å². The molecule has 0 saturated carbocycles. The summed E-state index contributed by atoms with van der Waals surface area (Å²) in [6.45, 7) is 15.3. The first-order valence-corrected chi connectivity index (χ1v) is 14.0. The monoisotopic (exact) mass is 484 g/mol. The zero-order chi connectivity index (χ0) is 25.7. The average molecular weight is 485 g/mol. The van der Waals surface area contributed by atoms with Crippen molar-refractivity contribution < 1.29 is 0 Å². The summed E-state index contributed by atoms with van der Waals surface area (Å²) < 4.78 is 2.16. The highest BCUT2D eigenvalue weighted by Gasteiger charge is 2.37. The van der Waals surface area contributed by atoms with E-state index >= 15 is 0 Å². The Kier molecular flexibility index (Phi) is 6.51. The topological polar surface area (TPSA) is 42.7 Å². The van der Waals surface area contributed by atoms with Crippen molar-refractivity contribution in [1.29, 1.82) is 0 Å². The van der Waals surface area contributed by atoms with E-state index in [1.54, 1.807) is 0 Å². The van der Waals surface area contributed by atoms with Gasteiger partial charge >= 0.3 is 0 Å². The van der Waals surface area contributed by atoms with Crippen molar-refractivity contribution in [2.45, 2.75) is 103 Å². The van der Waals surface area contributed by atoms with Crippen LogP contribution in [0.25, 0.3) is 0 Å². The molecule has 2 aromatic heterocycles. The van der Waals surface area contributed by atoms with Crippen molar-refractivity contribution in [3.63, 3.8) is 0 Å². The van der Waals surface area contributed by atoms with Crippen molar-refractivity contribution >= 4 is 5.82 Å². The molecule has 192 valence electrons. The Balaban J connectivity index is 1.57. The zero-order valence-corrected chi connectivity index (χ0v) is 23.4. The van der Waals surface area contributed by atoms with Gasteiger partial charge in [0.05, 0.1) is 5.69 Å². The van der Waals surface area contributed by atoms with Gasteiger partial charge in [0, 0.05) is 30.9 Å². The van der Waals surface area contributed by atoms with E-state index in [1.165, 1.54) is 45.8 Å². The Bertz CT molecular complexity index is 1240. The third-order valence-electron chi connectivity index (χ3n) is 8.82. The highest BCUT2D eigenvalue weighted by Crippen LogP contribution is 2.45. The molecule has 4 nitrogen and oxygen atoms in total. The van der Waals surface area contributed by atoms with Crippen LogP contribution >= 0.6 is 0 Å². The van der Waals surface area contributed by atoms with Gasteiger partial charge in [0.25, 0.3) is 0 Å². The fourth-order valence-corrected chi connectivity index (χ4v) is 6.29. The number of pyridine rings is 1.